The molecule has 1 aromatic carbocycles. The minimum absolute atomic E-state index is 0.0173. The number of halogens is 6. The van der Waals surface area contributed by atoms with Crippen molar-refractivity contribution in [3.05, 3.63) is 29.3 Å². The molecule has 9 heteroatoms. The lowest BCUT2D eigenvalue weighted by atomic mass is 10.1. The average molecular weight is 326 g/mol. The first-order valence-electron chi connectivity index (χ1n) is 6.41. The Hall–Kier alpha value is -1.77. The van der Waals surface area contributed by atoms with Crippen LogP contribution < -0.4 is 10.6 Å². The molecule has 1 amide bonds. The van der Waals surface area contributed by atoms with Gasteiger partial charge >= 0.3 is 12.4 Å². The van der Waals surface area contributed by atoms with Crippen molar-refractivity contribution in [3.8, 4) is 0 Å². The fourth-order valence-electron chi connectivity index (χ4n) is 2.16. The predicted molar refractivity (Wildman–Crippen MR) is 66.1 cm³/mol. The van der Waals surface area contributed by atoms with E-state index in [0.717, 1.165) is 0 Å². The summed E-state index contributed by atoms with van der Waals surface area (Å²) in [6.45, 7) is 0.578. The number of rotatable bonds is 2. The van der Waals surface area contributed by atoms with E-state index in [1.807, 2.05) is 0 Å². The van der Waals surface area contributed by atoms with E-state index in [1.54, 1.807) is 0 Å². The summed E-state index contributed by atoms with van der Waals surface area (Å²) >= 11 is 0. The van der Waals surface area contributed by atoms with Crippen molar-refractivity contribution in [1.29, 1.82) is 0 Å². The van der Waals surface area contributed by atoms with Crippen LogP contribution in [-0.2, 0) is 17.1 Å². The van der Waals surface area contributed by atoms with Gasteiger partial charge in [-0.3, -0.25) is 4.79 Å². The Kier molecular flexibility index (Phi) is 4.37. The van der Waals surface area contributed by atoms with Gasteiger partial charge in [0.1, 0.15) is 0 Å². The number of carbonyl (C=O) groups excluding carboxylic acids is 1. The lowest BCUT2D eigenvalue weighted by Gasteiger charge is -2.16. The number of alkyl halides is 6. The second-order valence-corrected chi connectivity index (χ2v) is 4.93. The van der Waals surface area contributed by atoms with Crippen molar-refractivity contribution in [2.45, 2.75) is 31.2 Å². The van der Waals surface area contributed by atoms with E-state index < -0.39 is 41.1 Å². The standard InChI is InChI=1S/C13H12F6N2O/c14-12(15,16)7-4-8(13(17,18)19)6-9(5-7)21-11(22)10-2-1-3-20-10/h4-6,10,20H,1-3H2,(H,21,22)/t10-/m1/s1. The number of amides is 1. The van der Waals surface area contributed by atoms with E-state index in [0.29, 0.717) is 31.5 Å². The Morgan fingerprint density at radius 1 is 1.05 bits per heavy atom. The van der Waals surface area contributed by atoms with Crippen LogP contribution in [0.2, 0.25) is 0 Å². The Bertz CT molecular complexity index is 528. The van der Waals surface area contributed by atoms with Gasteiger partial charge in [0.25, 0.3) is 0 Å². The number of benzene rings is 1. The second-order valence-electron chi connectivity index (χ2n) is 4.93. The Labute approximate surface area is 121 Å². The van der Waals surface area contributed by atoms with Crippen molar-refractivity contribution in [2.75, 3.05) is 11.9 Å². The zero-order valence-electron chi connectivity index (χ0n) is 11.1. The Morgan fingerprint density at radius 3 is 2.00 bits per heavy atom. The zero-order valence-corrected chi connectivity index (χ0v) is 11.1. The maximum absolute atomic E-state index is 12.7. The van der Waals surface area contributed by atoms with Crippen molar-refractivity contribution in [3.63, 3.8) is 0 Å². The molecule has 1 aliphatic heterocycles. The van der Waals surface area contributed by atoms with E-state index in [1.165, 1.54) is 0 Å². The SMILES string of the molecule is O=C(Nc1cc(C(F)(F)F)cc(C(F)(F)F)c1)[C@H]1CCCN1. The zero-order chi connectivity index (χ0) is 16.5. The Morgan fingerprint density at radius 2 is 1.59 bits per heavy atom. The molecule has 0 radical (unpaired) electrons. The first-order valence-corrected chi connectivity index (χ1v) is 6.41. The highest BCUT2D eigenvalue weighted by atomic mass is 19.4. The topological polar surface area (TPSA) is 41.1 Å². The summed E-state index contributed by atoms with van der Waals surface area (Å²) in [4.78, 5) is 11.8. The molecule has 1 heterocycles. The summed E-state index contributed by atoms with van der Waals surface area (Å²) in [7, 11) is 0. The average Bonchev–Trinajstić information content (AvgIpc) is 2.90. The van der Waals surface area contributed by atoms with Gasteiger partial charge in [-0.25, -0.2) is 0 Å². The van der Waals surface area contributed by atoms with Crippen LogP contribution in [-0.4, -0.2) is 18.5 Å². The summed E-state index contributed by atoms with van der Waals surface area (Å²) in [5, 5.41) is 4.92. The van der Waals surface area contributed by atoms with Crippen molar-refractivity contribution in [1.82, 2.24) is 5.32 Å². The summed E-state index contributed by atoms with van der Waals surface area (Å²) in [5.74, 6) is -0.648. The van der Waals surface area contributed by atoms with Gasteiger partial charge < -0.3 is 10.6 Å². The van der Waals surface area contributed by atoms with Crippen LogP contribution in [0.5, 0.6) is 0 Å². The van der Waals surface area contributed by atoms with Crippen LogP contribution in [0.1, 0.15) is 24.0 Å². The Balaban J connectivity index is 2.31. The van der Waals surface area contributed by atoms with E-state index in [9.17, 15) is 31.1 Å². The predicted octanol–water partition coefficient (Wildman–Crippen LogP) is 3.41. The molecular formula is C13H12F6N2O. The normalized spacial score (nSPS) is 19.3. The molecule has 0 aromatic heterocycles. The molecular weight excluding hydrogens is 314 g/mol. The van der Waals surface area contributed by atoms with Crippen LogP contribution in [0.15, 0.2) is 18.2 Å². The molecule has 1 fully saturated rings. The van der Waals surface area contributed by atoms with Gasteiger partial charge in [-0.15, -0.1) is 0 Å². The third-order valence-corrected chi connectivity index (χ3v) is 3.23. The van der Waals surface area contributed by atoms with Gasteiger partial charge in [0.2, 0.25) is 5.91 Å². The largest absolute Gasteiger partial charge is 0.416 e. The fraction of sp³-hybridized carbons (Fsp3) is 0.462. The van der Waals surface area contributed by atoms with Gasteiger partial charge in [0, 0.05) is 5.69 Å². The van der Waals surface area contributed by atoms with Gasteiger partial charge in [-0.05, 0) is 37.6 Å². The molecule has 122 valence electrons. The lowest BCUT2D eigenvalue weighted by molar-refractivity contribution is -0.143. The van der Waals surface area contributed by atoms with E-state index >= 15 is 0 Å². The third kappa shape index (κ3) is 3.90. The van der Waals surface area contributed by atoms with Gasteiger partial charge in [0.15, 0.2) is 0 Å². The number of carbonyl (C=O) groups is 1. The van der Waals surface area contributed by atoms with Crippen LogP contribution in [0.4, 0.5) is 32.0 Å². The molecule has 2 N–H and O–H groups in total. The number of hydrogen-bond acceptors (Lipinski definition) is 2. The van der Waals surface area contributed by atoms with Crippen LogP contribution in [0, 0.1) is 0 Å². The van der Waals surface area contributed by atoms with Crippen molar-refractivity contribution < 1.29 is 31.1 Å². The maximum Gasteiger partial charge on any atom is 0.416 e. The second kappa shape index (κ2) is 5.79. The summed E-state index contributed by atoms with van der Waals surface area (Å²) in [6, 6.07) is 0.386. The smallest absolute Gasteiger partial charge is 0.325 e. The molecule has 1 aliphatic rings. The van der Waals surface area contributed by atoms with Gasteiger partial charge in [-0.1, -0.05) is 0 Å². The number of hydrogen-bond donors (Lipinski definition) is 2. The third-order valence-electron chi connectivity index (χ3n) is 3.23. The first-order chi connectivity index (χ1) is 10.1. The molecule has 1 saturated heterocycles. The fourth-order valence-corrected chi connectivity index (χ4v) is 2.16. The highest BCUT2D eigenvalue weighted by Crippen LogP contribution is 2.37. The van der Waals surface area contributed by atoms with Crippen molar-refractivity contribution in [2.24, 2.45) is 0 Å². The molecule has 0 bridgehead atoms. The molecule has 1 atom stereocenters. The highest BCUT2D eigenvalue weighted by Gasteiger charge is 2.37. The summed E-state index contributed by atoms with van der Waals surface area (Å²) < 4.78 is 76.1. The lowest BCUT2D eigenvalue weighted by Crippen LogP contribution is -2.35. The minimum atomic E-state index is -4.94. The molecule has 0 spiro atoms. The summed E-state index contributed by atoms with van der Waals surface area (Å²) in [5.41, 5.74) is -3.45. The number of nitrogens with one attached hydrogen (secondary N) is 2. The van der Waals surface area contributed by atoms with E-state index in [-0.39, 0.29) is 6.07 Å². The maximum atomic E-state index is 12.7. The molecule has 3 nitrogen and oxygen atoms in total. The van der Waals surface area contributed by atoms with Crippen LogP contribution >= 0.6 is 0 Å². The summed E-state index contributed by atoms with van der Waals surface area (Å²) in [6.07, 6.45) is -8.68. The highest BCUT2D eigenvalue weighted by molar-refractivity contribution is 5.95. The van der Waals surface area contributed by atoms with Crippen LogP contribution in [0.25, 0.3) is 0 Å². The van der Waals surface area contributed by atoms with E-state index in [4.69, 9.17) is 0 Å². The molecule has 0 aliphatic carbocycles. The first kappa shape index (κ1) is 16.6. The van der Waals surface area contributed by atoms with Gasteiger partial charge in [-0.2, -0.15) is 26.3 Å². The molecule has 0 saturated carbocycles. The van der Waals surface area contributed by atoms with Crippen LogP contribution in [0.3, 0.4) is 0 Å². The monoisotopic (exact) mass is 326 g/mol. The van der Waals surface area contributed by atoms with Gasteiger partial charge in [0.05, 0.1) is 17.2 Å². The molecule has 0 unspecified atom stereocenters. The molecule has 2 rings (SSSR count). The van der Waals surface area contributed by atoms with Crippen molar-refractivity contribution >= 4 is 11.6 Å². The number of anilines is 1. The van der Waals surface area contributed by atoms with E-state index in [2.05, 4.69) is 10.6 Å². The molecule has 1 aromatic rings. The quantitative estimate of drug-likeness (QED) is 0.818. The molecule has 22 heavy (non-hydrogen) atoms. The minimum Gasteiger partial charge on any atom is -0.325 e.